The summed E-state index contributed by atoms with van der Waals surface area (Å²) >= 11 is 0. The number of ether oxygens (including phenoxy) is 3. The number of allylic oxidation sites excluding steroid dienone is 2. The van der Waals surface area contributed by atoms with Gasteiger partial charge in [-0.25, -0.2) is 0 Å². The second-order valence-corrected chi connectivity index (χ2v) is 6.80. The van der Waals surface area contributed by atoms with E-state index in [0.717, 1.165) is 12.8 Å². The van der Waals surface area contributed by atoms with Gasteiger partial charge < -0.3 is 29.5 Å². The first-order valence-electron chi connectivity index (χ1n) is 9.94. The number of aliphatic hydroxyl groups is 3. The van der Waals surface area contributed by atoms with Gasteiger partial charge >= 0.3 is 5.97 Å². The largest absolute Gasteiger partial charge is 0.494 e. The van der Waals surface area contributed by atoms with E-state index in [4.69, 9.17) is 14.2 Å². The van der Waals surface area contributed by atoms with Crippen LogP contribution in [0.1, 0.15) is 52.4 Å². The van der Waals surface area contributed by atoms with Crippen LogP contribution in [0.5, 0.6) is 0 Å². The molecule has 0 aliphatic carbocycles. The predicted octanol–water partition coefficient (Wildman–Crippen LogP) is 2.36. The Morgan fingerprint density at radius 1 is 1.39 bits per heavy atom. The van der Waals surface area contributed by atoms with Gasteiger partial charge in [0.15, 0.2) is 6.29 Å². The molecule has 0 aromatic rings. The van der Waals surface area contributed by atoms with Gasteiger partial charge in [0.2, 0.25) is 0 Å². The molecule has 0 bridgehead atoms. The summed E-state index contributed by atoms with van der Waals surface area (Å²) in [5.41, 5.74) is 0.619. The number of aliphatic hydroxyl groups excluding tert-OH is 3. The Bertz CT molecular complexity index is 539. The molecule has 0 aromatic carbocycles. The number of esters is 1. The highest BCUT2D eigenvalue weighted by atomic mass is 16.6. The van der Waals surface area contributed by atoms with E-state index in [2.05, 4.69) is 6.92 Å². The van der Waals surface area contributed by atoms with Crippen molar-refractivity contribution < 1.29 is 34.3 Å². The van der Waals surface area contributed by atoms with Crippen LogP contribution < -0.4 is 0 Å². The lowest BCUT2D eigenvalue weighted by Gasteiger charge is -2.19. The van der Waals surface area contributed by atoms with E-state index in [9.17, 15) is 20.1 Å². The molecule has 0 unspecified atom stereocenters. The zero-order valence-corrected chi connectivity index (χ0v) is 16.9. The van der Waals surface area contributed by atoms with Gasteiger partial charge in [0.1, 0.15) is 11.9 Å². The third-order valence-corrected chi connectivity index (χ3v) is 4.15. The van der Waals surface area contributed by atoms with Gasteiger partial charge in [0.05, 0.1) is 25.7 Å². The van der Waals surface area contributed by atoms with Gasteiger partial charge in [-0.15, -0.1) is 0 Å². The summed E-state index contributed by atoms with van der Waals surface area (Å²) in [4.78, 5) is 12.3. The van der Waals surface area contributed by atoms with Gasteiger partial charge in [-0.3, -0.25) is 4.79 Å². The molecule has 1 heterocycles. The van der Waals surface area contributed by atoms with Crippen molar-refractivity contribution in [1.82, 2.24) is 0 Å². The van der Waals surface area contributed by atoms with Crippen LogP contribution in [0.2, 0.25) is 0 Å². The van der Waals surface area contributed by atoms with Gasteiger partial charge in [-0.2, -0.15) is 0 Å². The fraction of sp³-hybridized carbons (Fsp3) is 0.667. The summed E-state index contributed by atoms with van der Waals surface area (Å²) in [5, 5.41) is 29.0. The number of carbonyl (C=O) groups excluding carboxylic acids is 1. The minimum absolute atomic E-state index is 0.0376. The van der Waals surface area contributed by atoms with Crippen molar-refractivity contribution in [3.05, 3.63) is 35.6 Å². The summed E-state index contributed by atoms with van der Waals surface area (Å²) in [5.74, 6) is 0.111. The normalized spacial score (nSPS) is 28.5. The molecule has 7 heteroatoms. The number of rotatable bonds is 6. The lowest BCUT2D eigenvalue weighted by molar-refractivity contribution is -0.162. The van der Waals surface area contributed by atoms with Crippen LogP contribution in [0.4, 0.5) is 0 Å². The van der Waals surface area contributed by atoms with E-state index < -0.39 is 12.4 Å². The highest BCUT2D eigenvalue weighted by Gasteiger charge is 2.17. The van der Waals surface area contributed by atoms with E-state index in [1.54, 1.807) is 25.2 Å². The van der Waals surface area contributed by atoms with E-state index >= 15 is 0 Å². The van der Waals surface area contributed by atoms with Crippen molar-refractivity contribution in [3.63, 3.8) is 0 Å². The molecule has 1 rings (SSSR count). The van der Waals surface area contributed by atoms with Crippen LogP contribution in [0.3, 0.4) is 0 Å². The number of cyclic esters (lactones) is 1. The Hall–Kier alpha value is -1.67. The Balaban J connectivity index is 2.97. The third kappa shape index (κ3) is 10.6. The summed E-state index contributed by atoms with van der Waals surface area (Å²) in [7, 11) is 0. The average molecular weight is 398 g/mol. The molecule has 0 saturated heterocycles. The molecule has 1 aliphatic heterocycles. The Kier molecular flexibility index (Phi) is 12.5. The molecular formula is C21H34O7. The summed E-state index contributed by atoms with van der Waals surface area (Å²) in [6.45, 7) is 4.47. The Labute approximate surface area is 167 Å². The molecule has 0 aromatic heterocycles. The van der Waals surface area contributed by atoms with Crippen molar-refractivity contribution in [2.24, 2.45) is 0 Å². The third-order valence-electron chi connectivity index (χ3n) is 4.15. The molecule has 28 heavy (non-hydrogen) atoms. The summed E-state index contributed by atoms with van der Waals surface area (Å²) in [6.07, 6.45) is 7.22. The maximum absolute atomic E-state index is 12.3. The zero-order chi connectivity index (χ0) is 20.8. The van der Waals surface area contributed by atoms with Gasteiger partial charge in [0.25, 0.3) is 0 Å². The van der Waals surface area contributed by atoms with Crippen LogP contribution in [0.15, 0.2) is 35.6 Å². The van der Waals surface area contributed by atoms with Crippen LogP contribution in [-0.2, 0) is 19.0 Å². The molecule has 0 saturated carbocycles. The molecule has 7 nitrogen and oxygen atoms in total. The van der Waals surface area contributed by atoms with Crippen LogP contribution >= 0.6 is 0 Å². The van der Waals surface area contributed by atoms with Crippen molar-refractivity contribution in [3.8, 4) is 0 Å². The van der Waals surface area contributed by atoms with Crippen LogP contribution in [0, 0.1) is 0 Å². The predicted molar refractivity (Wildman–Crippen MR) is 105 cm³/mol. The molecule has 160 valence electrons. The van der Waals surface area contributed by atoms with E-state index in [1.807, 2.05) is 0 Å². The SMILES string of the molecule is CCCCOC(/C=C1/C=C/C[C@H](O)[C@H](O)OCCC[C@H](C)OC(=O)C1)=C/CO. The molecule has 0 radical (unpaired) electrons. The second kappa shape index (κ2) is 14.3. The van der Waals surface area contributed by atoms with Crippen LogP contribution in [0.25, 0.3) is 0 Å². The number of carbonyl (C=O) groups is 1. The standard InChI is InChI=1S/C21H34O7/c1-3-4-12-26-18(10-11-22)14-17-8-5-9-19(23)21(25)27-13-6-7-16(2)28-20(24)15-17/h5,8,10,14,16,19,21-23,25H,3-4,6-7,9,11-13,15H2,1-2H3/b8-5+,17-14-,18-10+/t16-,19-,21+/m0/s1. The maximum Gasteiger partial charge on any atom is 0.310 e. The summed E-state index contributed by atoms with van der Waals surface area (Å²) in [6, 6.07) is 0. The maximum atomic E-state index is 12.3. The molecule has 3 N–H and O–H groups in total. The van der Waals surface area contributed by atoms with Crippen molar-refractivity contribution >= 4 is 5.97 Å². The van der Waals surface area contributed by atoms with Crippen LogP contribution in [-0.4, -0.2) is 59.6 Å². The van der Waals surface area contributed by atoms with E-state index in [-0.39, 0.29) is 38.1 Å². The number of unbranched alkanes of at least 4 members (excludes halogenated alkanes) is 1. The van der Waals surface area contributed by atoms with E-state index in [1.165, 1.54) is 6.08 Å². The smallest absolute Gasteiger partial charge is 0.310 e. The molecule has 0 amide bonds. The Morgan fingerprint density at radius 3 is 2.89 bits per heavy atom. The highest BCUT2D eigenvalue weighted by molar-refractivity contribution is 5.73. The van der Waals surface area contributed by atoms with E-state index in [0.29, 0.717) is 30.8 Å². The van der Waals surface area contributed by atoms with Crippen molar-refractivity contribution in [2.75, 3.05) is 19.8 Å². The first-order valence-corrected chi connectivity index (χ1v) is 9.94. The van der Waals surface area contributed by atoms with Crippen molar-refractivity contribution in [1.29, 1.82) is 0 Å². The number of hydrogen-bond donors (Lipinski definition) is 3. The quantitative estimate of drug-likeness (QED) is 0.358. The lowest BCUT2D eigenvalue weighted by Crippen LogP contribution is -2.29. The molecular weight excluding hydrogens is 364 g/mol. The molecule has 3 atom stereocenters. The lowest BCUT2D eigenvalue weighted by atomic mass is 10.1. The molecule has 0 fully saturated rings. The van der Waals surface area contributed by atoms with Crippen molar-refractivity contribution in [2.45, 2.75) is 70.9 Å². The minimum Gasteiger partial charge on any atom is -0.494 e. The first kappa shape index (κ1) is 24.4. The average Bonchev–Trinajstić information content (AvgIpc) is 2.64. The second-order valence-electron chi connectivity index (χ2n) is 6.80. The fourth-order valence-electron chi connectivity index (χ4n) is 2.58. The summed E-state index contributed by atoms with van der Waals surface area (Å²) < 4.78 is 16.3. The fourth-order valence-corrected chi connectivity index (χ4v) is 2.58. The first-order chi connectivity index (χ1) is 13.5. The number of hydrogen-bond acceptors (Lipinski definition) is 7. The topological polar surface area (TPSA) is 105 Å². The van der Waals surface area contributed by atoms with Gasteiger partial charge in [-0.05, 0) is 50.3 Å². The minimum atomic E-state index is -1.26. The Morgan fingerprint density at radius 2 is 2.18 bits per heavy atom. The zero-order valence-electron chi connectivity index (χ0n) is 16.9. The highest BCUT2D eigenvalue weighted by Crippen LogP contribution is 2.15. The molecule has 0 spiro atoms. The molecule has 1 aliphatic rings. The van der Waals surface area contributed by atoms with Gasteiger partial charge in [-0.1, -0.05) is 25.5 Å². The monoisotopic (exact) mass is 398 g/mol. The van der Waals surface area contributed by atoms with Gasteiger partial charge in [0, 0.05) is 6.61 Å².